The van der Waals surface area contributed by atoms with Crippen LogP contribution in [0.25, 0.3) is 0 Å². The molecule has 6 nitrogen and oxygen atoms in total. The fraction of sp³-hybridized carbons (Fsp3) is 0.650. The average Bonchev–Trinajstić information content (AvgIpc) is 2.62. The van der Waals surface area contributed by atoms with Gasteiger partial charge in [-0.2, -0.15) is 0 Å². The third-order valence-corrected chi connectivity index (χ3v) is 4.19. The van der Waals surface area contributed by atoms with Crippen molar-refractivity contribution in [2.24, 2.45) is 10.9 Å². The van der Waals surface area contributed by atoms with E-state index in [1.807, 2.05) is 12.1 Å². The van der Waals surface area contributed by atoms with Crippen LogP contribution in [0.4, 0.5) is 0 Å². The fourth-order valence-electron chi connectivity index (χ4n) is 2.50. The number of hydrogen-bond donors (Lipinski definition) is 2. The van der Waals surface area contributed by atoms with Crippen molar-refractivity contribution in [2.45, 2.75) is 26.3 Å². The van der Waals surface area contributed by atoms with E-state index in [9.17, 15) is 0 Å². The molecule has 0 spiro atoms. The van der Waals surface area contributed by atoms with Gasteiger partial charge in [0.1, 0.15) is 5.75 Å². The summed E-state index contributed by atoms with van der Waals surface area (Å²) in [7, 11) is 7.62. The van der Waals surface area contributed by atoms with Crippen molar-refractivity contribution in [3.05, 3.63) is 29.8 Å². The van der Waals surface area contributed by atoms with Gasteiger partial charge >= 0.3 is 0 Å². The van der Waals surface area contributed by atoms with E-state index in [-0.39, 0.29) is 6.04 Å². The van der Waals surface area contributed by atoms with Crippen LogP contribution < -0.4 is 15.4 Å². The molecular formula is C20H36N4O2. The Bertz CT molecular complexity index is 515. The molecule has 0 aliphatic heterocycles. The number of likely N-dealkylation sites (N-methyl/N-ethyl adjacent to an activating group) is 1. The van der Waals surface area contributed by atoms with Crippen LogP contribution in [0, 0.1) is 5.92 Å². The number of aliphatic imine (C=N–C) groups is 1. The SMILES string of the molecule is CN=C(NCCOCCC(C)C)NCC(c1ccc(OC)cc1)N(C)C. The lowest BCUT2D eigenvalue weighted by Gasteiger charge is -2.26. The highest BCUT2D eigenvalue weighted by molar-refractivity contribution is 5.79. The molecule has 0 saturated carbocycles. The van der Waals surface area contributed by atoms with Gasteiger partial charge in [-0.1, -0.05) is 26.0 Å². The lowest BCUT2D eigenvalue weighted by Crippen LogP contribution is -2.42. The zero-order valence-corrected chi connectivity index (χ0v) is 17.2. The molecule has 0 heterocycles. The molecule has 0 radical (unpaired) electrons. The third-order valence-electron chi connectivity index (χ3n) is 4.19. The van der Waals surface area contributed by atoms with E-state index in [1.54, 1.807) is 14.2 Å². The Morgan fingerprint density at radius 1 is 1.12 bits per heavy atom. The summed E-state index contributed by atoms with van der Waals surface area (Å²) in [6, 6.07) is 8.43. The summed E-state index contributed by atoms with van der Waals surface area (Å²) in [5.41, 5.74) is 1.23. The molecule has 0 fully saturated rings. The highest BCUT2D eigenvalue weighted by Gasteiger charge is 2.14. The topological polar surface area (TPSA) is 58.1 Å². The number of ether oxygens (including phenoxy) is 2. The van der Waals surface area contributed by atoms with Crippen molar-refractivity contribution in [1.29, 1.82) is 0 Å². The zero-order valence-electron chi connectivity index (χ0n) is 17.2. The second kappa shape index (κ2) is 12.5. The van der Waals surface area contributed by atoms with Gasteiger partial charge in [0.2, 0.25) is 0 Å². The summed E-state index contributed by atoms with van der Waals surface area (Å²) in [4.78, 5) is 6.48. The minimum absolute atomic E-state index is 0.238. The molecule has 1 aromatic rings. The monoisotopic (exact) mass is 364 g/mol. The number of methoxy groups -OCH3 is 1. The first-order valence-electron chi connectivity index (χ1n) is 9.30. The average molecular weight is 365 g/mol. The van der Waals surface area contributed by atoms with E-state index < -0.39 is 0 Å². The van der Waals surface area contributed by atoms with Crippen LogP contribution in [0.2, 0.25) is 0 Å². The summed E-state index contributed by atoms with van der Waals surface area (Å²) in [5, 5.41) is 6.69. The smallest absolute Gasteiger partial charge is 0.191 e. The van der Waals surface area contributed by atoms with E-state index in [4.69, 9.17) is 9.47 Å². The predicted octanol–water partition coefficient (Wildman–Crippen LogP) is 2.53. The molecule has 2 N–H and O–H groups in total. The van der Waals surface area contributed by atoms with Crippen LogP contribution in [-0.2, 0) is 4.74 Å². The van der Waals surface area contributed by atoms with Gasteiger partial charge < -0.3 is 25.0 Å². The summed E-state index contributed by atoms with van der Waals surface area (Å²) in [6.07, 6.45) is 1.10. The molecule has 0 amide bonds. The standard InChI is InChI=1S/C20H36N4O2/c1-16(2)11-13-26-14-12-22-20(21-3)23-15-19(24(4)5)17-7-9-18(25-6)10-8-17/h7-10,16,19H,11-15H2,1-6H3,(H2,21,22,23). The van der Waals surface area contributed by atoms with E-state index in [2.05, 4.69) is 60.6 Å². The highest BCUT2D eigenvalue weighted by atomic mass is 16.5. The lowest BCUT2D eigenvalue weighted by atomic mass is 10.1. The van der Waals surface area contributed by atoms with Crippen LogP contribution in [0.5, 0.6) is 5.75 Å². The van der Waals surface area contributed by atoms with Crippen molar-refractivity contribution in [3.63, 3.8) is 0 Å². The van der Waals surface area contributed by atoms with E-state index in [1.165, 1.54) is 5.56 Å². The highest BCUT2D eigenvalue weighted by Crippen LogP contribution is 2.20. The van der Waals surface area contributed by atoms with Crippen LogP contribution in [0.3, 0.4) is 0 Å². The fourth-order valence-corrected chi connectivity index (χ4v) is 2.50. The maximum absolute atomic E-state index is 5.63. The van der Waals surface area contributed by atoms with Crippen molar-refractivity contribution >= 4 is 5.96 Å². The summed E-state index contributed by atoms with van der Waals surface area (Å²) in [6.45, 7) is 7.41. The number of rotatable bonds is 11. The van der Waals surface area contributed by atoms with Gasteiger partial charge in [0, 0.05) is 26.7 Å². The number of nitrogens with zero attached hydrogens (tertiary/aromatic N) is 2. The Morgan fingerprint density at radius 3 is 2.35 bits per heavy atom. The molecule has 0 aliphatic rings. The Labute approximate surface area is 159 Å². The normalized spacial score (nSPS) is 13.2. The Balaban J connectivity index is 2.43. The molecule has 0 aliphatic carbocycles. The molecule has 1 rings (SSSR count). The van der Waals surface area contributed by atoms with Crippen molar-refractivity contribution in [1.82, 2.24) is 15.5 Å². The van der Waals surface area contributed by atoms with E-state index >= 15 is 0 Å². The Kier molecular flexibility index (Phi) is 10.7. The first-order chi connectivity index (χ1) is 12.5. The van der Waals surface area contributed by atoms with Gasteiger partial charge in [-0.05, 0) is 44.1 Å². The van der Waals surface area contributed by atoms with E-state index in [0.29, 0.717) is 12.5 Å². The second-order valence-electron chi connectivity index (χ2n) is 6.93. The molecule has 1 aromatic carbocycles. The summed E-state index contributed by atoms with van der Waals surface area (Å²) >= 11 is 0. The van der Waals surface area contributed by atoms with Crippen molar-refractivity contribution in [2.75, 3.05) is 54.6 Å². The van der Waals surface area contributed by atoms with Crippen LogP contribution in [0.1, 0.15) is 31.9 Å². The van der Waals surface area contributed by atoms with Gasteiger partial charge in [-0.25, -0.2) is 0 Å². The molecule has 0 saturated heterocycles. The molecule has 26 heavy (non-hydrogen) atoms. The van der Waals surface area contributed by atoms with Crippen LogP contribution >= 0.6 is 0 Å². The first kappa shape index (κ1) is 22.3. The Morgan fingerprint density at radius 2 is 1.81 bits per heavy atom. The van der Waals surface area contributed by atoms with Crippen LogP contribution in [0.15, 0.2) is 29.3 Å². The van der Waals surface area contributed by atoms with Crippen molar-refractivity contribution in [3.8, 4) is 5.75 Å². The molecule has 1 atom stereocenters. The van der Waals surface area contributed by atoms with Crippen molar-refractivity contribution < 1.29 is 9.47 Å². The minimum atomic E-state index is 0.238. The second-order valence-corrected chi connectivity index (χ2v) is 6.93. The molecular weight excluding hydrogens is 328 g/mol. The quantitative estimate of drug-likeness (QED) is 0.359. The number of benzene rings is 1. The molecule has 1 unspecified atom stereocenters. The minimum Gasteiger partial charge on any atom is -0.497 e. The molecule has 0 bridgehead atoms. The lowest BCUT2D eigenvalue weighted by molar-refractivity contribution is 0.128. The number of nitrogens with one attached hydrogen (secondary N) is 2. The van der Waals surface area contributed by atoms with Gasteiger partial charge in [-0.3, -0.25) is 4.99 Å². The van der Waals surface area contributed by atoms with E-state index in [0.717, 1.165) is 37.8 Å². The summed E-state index contributed by atoms with van der Waals surface area (Å²) < 4.78 is 10.9. The first-order valence-corrected chi connectivity index (χ1v) is 9.30. The van der Waals surface area contributed by atoms with Gasteiger partial charge in [-0.15, -0.1) is 0 Å². The van der Waals surface area contributed by atoms with Crippen LogP contribution in [-0.4, -0.2) is 65.4 Å². The third kappa shape index (κ3) is 8.54. The maximum atomic E-state index is 5.63. The Hall–Kier alpha value is -1.79. The van der Waals surface area contributed by atoms with Gasteiger partial charge in [0.25, 0.3) is 0 Å². The predicted molar refractivity (Wildman–Crippen MR) is 109 cm³/mol. The maximum Gasteiger partial charge on any atom is 0.191 e. The largest absolute Gasteiger partial charge is 0.497 e. The van der Waals surface area contributed by atoms with Gasteiger partial charge in [0.15, 0.2) is 5.96 Å². The summed E-state index contributed by atoms with van der Waals surface area (Å²) in [5.74, 6) is 2.34. The number of hydrogen-bond acceptors (Lipinski definition) is 4. The molecule has 0 aromatic heterocycles. The number of guanidine groups is 1. The molecule has 148 valence electrons. The molecule has 6 heteroatoms. The zero-order chi connectivity index (χ0) is 19.4. The van der Waals surface area contributed by atoms with Gasteiger partial charge in [0.05, 0.1) is 19.8 Å².